The van der Waals surface area contributed by atoms with Crippen LogP contribution in [0.5, 0.6) is 0 Å². The van der Waals surface area contributed by atoms with Crippen LogP contribution in [0, 0.1) is 11.8 Å². The van der Waals surface area contributed by atoms with E-state index >= 15 is 0 Å². The minimum atomic E-state index is 0.612. The summed E-state index contributed by atoms with van der Waals surface area (Å²) in [6.07, 6.45) is 5.33. The Bertz CT molecular complexity index is 383. The number of rotatable bonds is 3. The van der Waals surface area contributed by atoms with Gasteiger partial charge in [-0.15, -0.1) is 0 Å². The van der Waals surface area contributed by atoms with Gasteiger partial charge in [0.15, 0.2) is 0 Å². The maximum Gasteiger partial charge on any atom is 0.0631 e. The molecule has 1 aromatic rings. The molecule has 0 aliphatic heterocycles. The first-order chi connectivity index (χ1) is 8.58. The summed E-state index contributed by atoms with van der Waals surface area (Å²) in [6.45, 7) is 4.70. The number of para-hydroxylation sites is 1. The average molecular weight is 375 g/mol. The zero-order valence-electron chi connectivity index (χ0n) is 11.0. The zero-order valence-corrected chi connectivity index (χ0v) is 14.2. The SMILES string of the molecule is CC(C)C1CCCC(Nc2c(Br)cccc2Br)C1. The van der Waals surface area contributed by atoms with Crippen LogP contribution in [0.1, 0.15) is 39.5 Å². The molecule has 1 fully saturated rings. The van der Waals surface area contributed by atoms with Crippen LogP contribution in [0.4, 0.5) is 5.69 Å². The molecule has 0 aromatic heterocycles. The maximum absolute atomic E-state index is 3.71. The van der Waals surface area contributed by atoms with Crippen LogP contribution in [0.2, 0.25) is 0 Å². The fourth-order valence-electron chi connectivity index (χ4n) is 2.80. The number of halogens is 2. The first kappa shape index (κ1) is 14.4. The van der Waals surface area contributed by atoms with E-state index in [0.717, 1.165) is 20.8 Å². The molecule has 1 aliphatic carbocycles. The number of anilines is 1. The van der Waals surface area contributed by atoms with Gasteiger partial charge < -0.3 is 5.32 Å². The van der Waals surface area contributed by atoms with Crippen LogP contribution in [-0.4, -0.2) is 6.04 Å². The summed E-state index contributed by atoms with van der Waals surface area (Å²) in [7, 11) is 0. The molecule has 0 heterocycles. The summed E-state index contributed by atoms with van der Waals surface area (Å²) in [4.78, 5) is 0. The Labute approximate surface area is 127 Å². The predicted octanol–water partition coefficient (Wildman–Crippen LogP) is 5.84. The highest BCUT2D eigenvalue weighted by Gasteiger charge is 2.24. The Morgan fingerprint density at radius 2 is 1.83 bits per heavy atom. The highest BCUT2D eigenvalue weighted by molar-refractivity contribution is 9.11. The van der Waals surface area contributed by atoms with Gasteiger partial charge in [0.2, 0.25) is 0 Å². The van der Waals surface area contributed by atoms with Gasteiger partial charge in [0.25, 0.3) is 0 Å². The molecule has 0 radical (unpaired) electrons. The van der Waals surface area contributed by atoms with Crippen molar-refractivity contribution in [3.05, 3.63) is 27.1 Å². The van der Waals surface area contributed by atoms with E-state index in [0.29, 0.717) is 6.04 Å². The van der Waals surface area contributed by atoms with Crippen LogP contribution in [0.25, 0.3) is 0 Å². The van der Waals surface area contributed by atoms with Gasteiger partial charge in [-0.05, 0) is 68.7 Å². The molecule has 2 rings (SSSR count). The van der Waals surface area contributed by atoms with Crippen molar-refractivity contribution in [1.29, 1.82) is 0 Å². The summed E-state index contributed by atoms with van der Waals surface area (Å²) in [6, 6.07) is 6.85. The second-order valence-corrected chi connectivity index (χ2v) is 7.32. The van der Waals surface area contributed by atoms with Gasteiger partial charge >= 0.3 is 0 Å². The molecule has 3 heteroatoms. The third kappa shape index (κ3) is 3.51. The number of nitrogens with one attached hydrogen (secondary N) is 1. The van der Waals surface area contributed by atoms with E-state index in [-0.39, 0.29) is 0 Å². The molecular weight excluding hydrogens is 354 g/mol. The van der Waals surface area contributed by atoms with Crippen molar-refractivity contribution in [3.8, 4) is 0 Å². The molecule has 2 unspecified atom stereocenters. The molecule has 1 aliphatic rings. The predicted molar refractivity (Wildman–Crippen MR) is 86.0 cm³/mol. The number of hydrogen-bond acceptors (Lipinski definition) is 1. The molecule has 2 atom stereocenters. The Morgan fingerprint density at radius 1 is 1.17 bits per heavy atom. The fourth-order valence-corrected chi connectivity index (χ4v) is 4.03. The summed E-state index contributed by atoms with van der Waals surface area (Å²) in [5.74, 6) is 1.68. The lowest BCUT2D eigenvalue weighted by Crippen LogP contribution is -2.29. The molecule has 0 spiro atoms. The van der Waals surface area contributed by atoms with E-state index in [4.69, 9.17) is 0 Å². The smallest absolute Gasteiger partial charge is 0.0631 e. The normalized spacial score (nSPS) is 24.3. The molecule has 100 valence electrons. The molecule has 1 aromatic carbocycles. The lowest BCUT2D eigenvalue weighted by molar-refractivity contribution is 0.264. The molecule has 0 amide bonds. The summed E-state index contributed by atoms with van der Waals surface area (Å²) >= 11 is 7.25. The topological polar surface area (TPSA) is 12.0 Å². The largest absolute Gasteiger partial charge is 0.380 e. The van der Waals surface area contributed by atoms with E-state index in [1.165, 1.54) is 31.4 Å². The van der Waals surface area contributed by atoms with E-state index in [1.54, 1.807) is 0 Å². The van der Waals surface area contributed by atoms with Crippen molar-refractivity contribution in [2.75, 3.05) is 5.32 Å². The highest BCUT2D eigenvalue weighted by Crippen LogP contribution is 2.35. The Balaban J connectivity index is 2.05. The number of benzene rings is 1. The van der Waals surface area contributed by atoms with Crippen molar-refractivity contribution in [2.45, 2.75) is 45.6 Å². The molecular formula is C15H21Br2N. The van der Waals surface area contributed by atoms with Gasteiger partial charge in [-0.2, -0.15) is 0 Å². The second kappa shape index (κ2) is 6.42. The van der Waals surface area contributed by atoms with Crippen molar-refractivity contribution >= 4 is 37.5 Å². The van der Waals surface area contributed by atoms with Crippen molar-refractivity contribution in [3.63, 3.8) is 0 Å². The van der Waals surface area contributed by atoms with Gasteiger partial charge in [-0.1, -0.05) is 32.8 Å². The summed E-state index contributed by atoms with van der Waals surface area (Å²) in [5, 5.41) is 3.71. The van der Waals surface area contributed by atoms with Crippen LogP contribution in [0.3, 0.4) is 0 Å². The molecule has 0 bridgehead atoms. The Morgan fingerprint density at radius 3 is 2.44 bits per heavy atom. The van der Waals surface area contributed by atoms with Gasteiger partial charge in [-0.25, -0.2) is 0 Å². The van der Waals surface area contributed by atoms with Crippen molar-refractivity contribution in [1.82, 2.24) is 0 Å². The summed E-state index contributed by atoms with van der Waals surface area (Å²) < 4.78 is 2.28. The highest BCUT2D eigenvalue weighted by atomic mass is 79.9. The molecule has 0 saturated heterocycles. The minimum Gasteiger partial charge on any atom is -0.380 e. The lowest BCUT2D eigenvalue weighted by atomic mass is 9.79. The third-order valence-corrected chi connectivity index (χ3v) is 5.29. The van der Waals surface area contributed by atoms with Crippen LogP contribution in [-0.2, 0) is 0 Å². The zero-order chi connectivity index (χ0) is 13.1. The van der Waals surface area contributed by atoms with Gasteiger partial charge in [0.05, 0.1) is 5.69 Å². The van der Waals surface area contributed by atoms with E-state index in [1.807, 2.05) is 0 Å². The molecule has 1 saturated carbocycles. The average Bonchev–Trinajstić information content (AvgIpc) is 2.34. The van der Waals surface area contributed by atoms with Gasteiger partial charge in [-0.3, -0.25) is 0 Å². The van der Waals surface area contributed by atoms with Crippen LogP contribution < -0.4 is 5.32 Å². The monoisotopic (exact) mass is 373 g/mol. The van der Waals surface area contributed by atoms with E-state index < -0.39 is 0 Å². The van der Waals surface area contributed by atoms with Crippen molar-refractivity contribution < 1.29 is 0 Å². The van der Waals surface area contributed by atoms with E-state index in [2.05, 4.69) is 69.2 Å². The lowest BCUT2D eigenvalue weighted by Gasteiger charge is -2.33. The third-order valence-electron chi connectivity index (χ3n) is 3.97. The van der Waals surface area contributed by atoms with Gasteiger partial charge in [0.1, 0.15) is 0 Å². The Kier molecular flexibility index (Phi) is 5.14. The summed E-state index contributed by atoms with van der Waals surface area (Å²) in [5.41, 5.74) is 1.20. The van der Waals surface area contributed by atoms with E-state index in [9.17, 15) is 0 Å². The minimum absolute atomic E-state index is 0.612. The molecule has 18 heavy (non-hydrogen) atoms. The van der Waals surface area contributed by atoms with Gasteiger partial charge in [0, 0.05) is 15.0 Å². The van der Waals surface area contributed by atoms with Crippen LogP contribution in [0.15, 0.2) is 27.1 Å². The standard InChI is InChI=1S/C15H21Br2N/c1-10(2)11-5-3-6-12(9-11)18-15-13(16)7-4-8-14(15)17/h4,7-8,10-12,18H,3,5-6,9H2,1-2H3. The molecule has 1 N–H and O–H groups in total. The molecule has 1 nitrogen and oxygen atoms in total. The first-order valence-corrected chi connectivity index (χ1v) is 8.37. The van der Waals surface area contributed by atoms with Crippen molar-refractivity contribution in [2.24, 2.45) is 11.8 Å². The quantitative estimate of drug-likeness (QED) is 0.700. The number of hydrogen-bond donors (Lipinski definition) is 1. The fraction of sp³-hybridized carbons (Fsp3) is 0.600. The maximum atomic E-state index is 3.71. The second-order valence-electron chi connectivity index (χ2n) is 5.61. The first-order valence-electron chi connectivity index (χ1n) is 6.78. The Hall–Kier alpha value is -0.0200. The van der Waals surface area contributed by atoms with Crippen LogP contribution >= 0.6 is 31.9 Å².